The van der Waals surface area contributed by atoms with Gasteiger partial charge >= 0.3 is 18.6 Å². The van der Waals surface area contributed by atoms with Gasteiger partial charge in [-0.15, -0.1) is 0 Å². The molecule has 1 aromatic carbocycles. The first-order valence-corrected chi connectivity index (χ1v) is 7.66. The van der Waals surface area contributed by atoms with Crippen LogP contribution in [-0.2, 0) is 11.3 Å². The number of benzene rings is 1. The van der Waals surface area contributed by atoms with Gasteiger partial charge in [-0.1, -0.05) is 17.7 Å². The van der Waals surface area contributed by atoms with E-state index in [-0.39, 0.29) is 18.3 Å². The lowest BCUT2D eigenvalue weighted by Crippen LogP contribution is -2.45. The SMILES string of the molecule is Cc1ccc(OC(F)F)c(CNC(=O)N2CCC(C(=O)O)CC2)c1. The molecule has 2 amide bonds. The maximum Gasteiger partial charge on any atom is 0.387 e. The largest absolute Gasteiger partial charge is 0.481 e. The smallest absolute Gasteiger partial charge is 0.387 e. The molecule has 8 heteroatoms. The summed E-state index contributed by atoms with van der Waals surface area (Å²) in [7, 11) is 0. The van der Waals surface area contributed by atoms with Crippen molar-refractivity contribution in [2.45, 2.75) is 32.9 Å². The number of hydrogen-bond donors (Lipinski definition) is 2. The van der Waals surface area contributed by atoms with E-state index in [4.69, 9.17) is 5.11 Å². The number of likely N-dealkylation sites (tertiary alicyclic amines) is 1. The molecular formula is C16H20F2N2O4. The van der Waals surface area contributed by atoms with Crippen LogP contribution in [-0.4, -0.2) is 41.7 Å². The van der Waals surface area contributed by atoms with E-state index in [0.29, 0.717) is 31.5 Å². The summed E-state index contributed by atoms with van der Waals surface area (Å²) in [6.07, 6.45) is 0.819. The second-order valence-corrected chi connectivity index (χ2v) is 5.75. The van der Waals surface area contributed by atoms with Crippen molar-refractivity contribution in [3.8, 4) is 5.75 Å². The van der Waals surface area contributed by atoms with Crippen molar-refractivity contribution in [3.05, 3.63) is 29.3 Å². The molecule has 0 atom stereocenters. The quantitative estimate of drug-likeness (QED) is 0.862. The van der Waals surface area contributed by atoms with Gasteiger partial charge in [0, 0.05) is 25.2 Å². The third-order valence-electron chi connectivity index (χ3n) is 3.99. The van der Waals surface area contributed by atoms with Crippen LogP contribution < -0.4 is 10.1 Å². The number of carboxylic acid groups (broad SMARTS) is 1. The van der Waals surface area contributed by atoms with Crippen LogP contribution >= 0.6 is 0 Å². The molecule has 1 aliphatic rings. The van der Waals surface area contributed by atoms with Crippen molar-refractivity contribution in [1.82, 2.24) is 10.2 Å². The minimum Gasteiger partial charge on any atom is -0.481 e. The van der Waals surface area contributed by atoms with Crippen LogP contribution in [0.3, 0.4) is 0 Å². The van der Waals surface area contributed by atoms with E-state index in [1.54, 1.807) is 12.1 Å². The van der Waals surface area contributed by atoms with E-state index in [9.17, 15) is 18.4 Å². The van der Waals surface area contributed by atoms with Crippen molar-refractivity contribution in [3.63, 3.8) is 0 Å². The number of alkyl halides is 2. The molecule has 1 aromatic rings. The molecule has 0 aromatic heterocycles. The van der Waals surface area contributed by atoms with E-state index in [1.165, 1.54) is 11.0 Å². The average Bonchev–Trinajstić information content (AvgIpc) is 2.54. The van der Waals surface area contributed by atoms with Gasteiger partial charge in [-0.3, -0.25) is 4.79 Å². The minimum absolute atomic E-state index is 0.0282. The number of aliphatic carboxylic acids is 1. The highest BCUT2D eigenvalue weighted by Crippen LogP contribution is 2.22. The Kier molecular flexibility index (Phi) is 5.94. The summed E-state index contributed by atoms with van der Waals surface area (Å²) in [6, 6.07) is 4.43. The topological polar surface area (TPSA) is 78.9 Å². The number of hydrogen-bond acceptors (Lipinski definition) is 3. The molecule has 132 valence electrons. The van der Waals surface area contributed by atoms with Gasteiger partial charge in [-0.25, -0.2) is 4.79 Å². The maximum absolute atomic E-state index is 12.4. The molecule has 24 heavy (non-hydrogen) atoms. The van der Waals surface area contributed by atoms with Crippen LogP contribution in [0.15, 0.2) is 18.2 Å². The molecule has 1 saturated heterocycles. The maximum atomic E-state index is 12.4. The van der Waals surface area contributed by atoms with E-state index < -0.39 is 18.5 Å². The average molecular weight is 342 g/mol. The van der Waals surface area contributed by atoms with Gasteiger partial charge in [0.15, 0.2) is 0 Å². The van der Waals surface area contributed by atoms with Crippen LogP contribution in [0, 0.1) is 12.8 Å². The van der Waals surface area contributed by atoms with Crippen molar-refractivity contribution in [2.75, 3.05) is 13.1 Å². The number of carbonyl (C=O) groups is 2. The van der Waals surface area contributed by atoms with Gasteiger partial charge in [0.05, 0.1) is 5.92 Å². The fourth-order valence-electron chi connectivity index (χ4n) is 2.67. The first-order valence-electron chi connectivity index (χ1n) is 7.66. The third kappa shape index (κ3) is 4.81. The van der Waals surface area contributed by atoms with Crippen LogP contribution in [0.5, 0.6) is 5.75 Å². The van der Waals surface area contributed by atoms with Gasteiger partial charge < -0.3 is 20.1 Å². The number of amides is 2. The summed E-state index contributed by atoms with van der Waals surface area (Å²) < 4.78 is 29.3. The summed E-state index contributed by atoms with van der Waals surface area (Å²) in [5.74, 6) is -1.24. The van der Waals surface area contributed by atoms with E-state index in [0.717, 1.165) is 5.56 Å². The summed E-state index contributed by atoms with van der Waals surface area (Å²) in [6.45, 7) is -0.346. The molecule has 6 nitrogen and oxygen atoms in total. The molecule has 0 spiro atoms. The number of aryl methyl sites for hydroxylation is 1. The Labute approximate surface area is 138 Å². The molecule has 0 unspecified atom stereocenters. The van der Waals surface area contributed by atoms with E-state index in [2.05, 4.69) is 10.1 Å². The zero-order valence-electron chi connectivity index (χ0n) is 13.3. The Morgan fingerprint density at radius 1 is 1.38 bits per heavy atom. The Bertz CT molecular complexity index is 602. The zero-order chi connectivity index (χ0) is 17.7. The number of piperidine rings is 1. The second-order valence-electron chi connectivity index (χ2n) is 5.75. The number of rotatable bonds is 5. The Hall–Kier alpha value is -2.38. The first kappa shape index (κ1) is 18.0. The normalized spacial score (nSPS) is 15.4. The highest BCUT2D eigenvalue weighted by atomic mass is 19.3. The predicted octanol–water partition coefficient (Wildman–Crippen LogP) is 2.60. The standard InChI is InChI=1S/C16H20F2N2O4/c1-10-2-3-13(24-15(17)18)12(8-10)9-19-16(23)20-6-4-11(5-7-20)14(21)22/h2-3,8,11,15H,4-7,9H2,1H3,(H,19,23)(H,21,22). The molecule has 2 rings (SSSR count). The fraction of sp³-hybridized carbons (Fsp3) is 0.500. The van der Waals surface area contributed by atoms with E-state index in [1.807, 2.05) is 6.92 Å². The lowest BCUT2D eigenvalue weighted by Gasteiger charge is -2.30. The van der Waals surface area contributed by atoms with Gasteiger partial charge in [-0.2, -0.15) is 8.78 Å². The molecule has 1 heterocycles. The van der Waals surface area contributed by atoms with Crippen molar-refractivity contribution in [1.29, 1.82) is 0 Å². The lowest BCUT2D eigenvalue weighted by molar-refractivity contribution is -0.143. The highest BCUT2D eigenvalue weighted by molar-refractivity contribution is 5.75. The second kappa shape index (κ2) is 7.94. The number of carbonyl (C=O) groups excluding carboxylic acids is 1. The Morgan fingerprint density at radius 2 is 2.04 bits per heavy atom. The predicted molar refractivity (Wildman–Crippen MR) is 82.0 cm³/mol. The van der Waals surface area contributed by atoms with E-state index >= 15 is 0 Å². The number of halogens is 2. The summed E-state index contributed by atoms with van der Waals surface area (Å²) in [4.78, 5) is 24.6. The number of nitrogens with one attached hydrogen (secondary N) is 1. The van der Waals surface area contributed by atoms with Gasteiger partial charge in [-0.05, 0) is 25.8 Å². The fourth-order valence-corrected chi connectivity index (χ4v) is 2.67. The number of urea groups is 1. The molecule has 0 aliphatic carbocycles. The molecular weight excluding hydrogens is 322 g/mol. The number of nitrogens with zero attached hydrogens (tertiary/aromatic N) is 1. The first-order chi connectivity index (χ1) is 11.4. The van der Waals surface area contributed by atoms with Gasteiger partial charge in [0.2, 0.25) is 0 Å². The molecule has 1 fully saturated rings. The highest BCUT2D eigenvalue weighted by Gasteiger charge is 2.26. The van der Waals surface area contributed by atoms with Gasteiger partial charge in [0.1, 0.15) is 5.75 Å². The van der Waals surface area contributed by atoms with Crippen molar-refractivity contribution in [2.24, 2.45) is 5.92 Å². The molecule has 1 aliphatic heterocycles. The Balaban J connectivity index is 1.92. The van der Waals surface area contributed by atoms with Crippen molar-refractivity contribution >= 4 is 12.0 Å². The van der Waals surface area contributed by atoms with Crippen LogP contribution in [0.2, 0.25) is 0 Å². The van der Waals surface area contributed by atoms with Crippen LogP contribution in [0.25, 0.3) is 0 Å². The lowest BCUT2D eigenvalue weighted by atomic mass is 9.97. The number of ether oxygens (including phenoxy) is 1. The van der Waals surface area contributed by atoms with Crippen molar-refractivity contribution < 1.29 is 28.2 Å². The molecule has 2 N–H and O–H groups in total. The van der Waals surface area contributed by atoms with Crippen LogP contribution in [0.1, 0.15) is 24.0 Å². The monoisotopic (exact) mass is 342 g/mol. The third-order valence-corrected chi connectivity index (χ3v) is 3.99. The molecule has 0 bridgehead atoms. The molecule has 0 saturated carbocycles. The van der Waals surface area contributed by atoms with Crippen LogP contribution in [0.4, 0.5) is 13.6 Å². The zero-order valence-corrected chi connectivity index (χ0v) is 13.3. The minimum atomic E-state index is -2.93. The molecule has 0 radical (unpaired) electrons. The summed E-state index contributed by atoms with van der Waals surface area (Å²) in [5.41, 5.74) is 1.33. The Morgan fingerprint density at radius 3 is 2.62 bits per heavy atom. The summed E-state index contributed by atoms with van der Waals surface area (Å²) >= 11 is 0. The summed E-state index contributed by atoms with van der Waals surface area (Å²) in [5, 5.41) is 11.6. The van der Waals surface area contributed by atoms with Gasteiger partial charge in [0.25, 0.3) is 0 Å². The number of carboxylic acids is 1.